The molecule has 2 fully saturated rings. The highest BCUT2D eigenvalue weighted by Crippen LogP contribution is 2.41. The second kappa shape index (κ2) is 8.38. The van der Waals surface area contributed by atoms with Gasteiger partial charge in [-0.1, -0.05) is 6.07 Å². The van der Waals surface area contributed by atoms with Crippen molar-refractivity contribution in [2.24, 2.45) is 0 Å². The van der Waals surface area contributed by atoms with E-state index in [9.17, 15) is 14.0 Å². The van der Waals surface area contributed by atoms with Gasteiger partial charge in [-0.25, -0.2) is 0 Å². The summed E-state index contributed by atoms with van der Waals surface area (Å²) in [6.45, 7) is -1.73. The number of hydrogen-bond acceptors (Lipinski definition) is 6. The van der Waals surface area contributed by atoms with Crippen molar-refractivity contribution >= 4 is 0 Å². The van der Waals surface area contributed by atoms with Crippen molar-refractivity contribution in [1.29, 1.82) is 5.26 Å². The fourth-order valence-corrected chi connectivity index (χ4v) is 3.57. The lowest BCUT2D eigenvalue weighted by molar-refractivity contribution is -0.0655. The highest BCUT2D eigenvalue weighted by molar-refractivity contribution is 5.47. The molecule has 6 nitrogen and oxygen atoms in total. The number of piperidine rings is 1. The zero-order valence-corrected chi connectivity index (χ0v) is 15.0. The first-order valence-electron chi connectivity index (χ1n) is 9.17. The largest absolute Gasteiger partial charge is 0.487 e. The smallest absolute Gasteiger partial charge is 0.387 e. The Morgan fingerprint density at radius 2 is 1.93 bits per heavy atom. The monoisotopic (exact) mass is 382 g/mol. The van der Waals surface area contributed by atoms with Crippen LogP contribution in [-0.4, -0.2) is 53.8 Å². The number of rotatable bonds is 7. The molecule has 0 amide bonds. The Morgan fingerprint density at radius 3 is 2.44 bits per heavy atom. The lowest BCUT2D eigenvalue weighted by atomic mass is 9.74. The molecule has 3 rings (SSSR count). The van der Waals surface area contributed by atoms with E-state index in [1.165, 1.54) is 6.07 Å². The van der Waals surface area contributed by atoms with Gasteiger partial charge in [-0.2, -0.15) is 14.0 Å². The summed E-state index contributed by atoms with van der Waals surface area (Å²) in [5.74, 6) is 0.231. The van der Waals surface area contributed by atoms with Crippen LogP contribution in [0, 0.1) is 11.3 Å². The van der Waals surface area contributed by atoms with Crippen LogP contribution in [0.5, 0.6) is 11.5 Å². The lowest BCUT2D eigenvalue weighted by Crippen LogP contribution is -2.44. The third kappa shape index (κ3) is 4.67. The average molecular weight is 382 g/mol. The number of halogens is 2. The van der Waals surface area contributed by atoms with Gasteiger partial charge in [0, 0.05) is 19.6 Å². The Bertz CT molecular complexity index is 681. The number of nitriles is 1. The molecule has 1 saturated heterocycles. The molecule has 1 saturated carbocycles. The quantitative estimate of drug-likeness (QED) is 0.705. The number of aliphatic hydroxyl groups is 2. The van der Waals surface area contributed by atoms with Gasteiger partial charge in [0.1, 0.15) is 0 Å². The Hall–Kier alpha value is -1.95. The third-order valence-corrected chi connectivity index (χ3v) is 5.40. The van der Waals surface area contributed by atoms with E-state index in [1.807, 2.05) is 4.90 Å². The van der Waals surface area contributed by atoms with E-state index in [2.05, 4.69) is 10.8 Å². The zero-order chi connectivity index (χ0) is 19.4. The SMILES string of the molecule is N#CC1(c2ccc(OC(F)F)c(OC3CCC3)c2)CCN(CC(O)O)CC1. The highest BCUT2D eigenvalue weighted by atomic mass is 19.3. The maximum absolute atomic E-state index is 12.7. The standard InChI is InChI=1S/C19H24F2N2O4/c20-18(21)27-15-5-4-13(10-16(15)26-14-2-1-3-14)19(12-22)6-8-23(9-7-19)11-17(24)25/h4-5,10,14,17-18,24-25H,1-3,6-9,11H2. The number of ether oxygens (including phenoxy) is 2. The van der Waals surface area contributed by atoms with Crippen molar-refractivity contribution < 1.29 is 28.5 Å². The van der Waals surface area contributed by atoms with Crippen molar-refractivity contribution in [3.05, 3.63) is 23.8 Å². The van der Waals surface area contributed by atoms with Crippen LogP contribution >= 0.6 is 0 Å². The molecule has 2 aliphatic rings. The molecule has 8 heteroatoms. The maximum atomic E-state index is 12.7. The molecule has 27 heavy (non-hydrogen) atoms. The van der Waals surface area contributed by atoms with Crippen molar-refractivity contribution in [3.63, 3.8) is 0 Å². The van der Waals surface area contributed by atoms with Gasteiger partial charge < -0.3 is 19.7 Å². The number of likely N-dealkylation sites (tertiary alicyclic amines) is 1. The first kappa shape index (κ1) is 19.8. The number of nitrogens with zero attached hydrogens (tertiary/aromatic N) is 2. The molecule has 1 aromatic rings. The summed E-state index contributed by atoms with van der Waals surface area (Å²) < 4.78 is 35.8. The Kier molecular flexibility index (Phi) is 6.15. The summed E-state index contributed by atoms with van der Waals surface area (Å²) in [5, 5.41) is 28.1. The number of aliphatic hydroxyl groups excluding tert-OH is 1. The summed E-state index contributed by atoms with van der Waals surface area (Å²) in [6, 6.07) is 7.12. The molecule has 0 spiro atoms. The van der Waals surface area contributed by atoms with Crippen LogP contribution in [0.1, 0.15) is 37.7 Å². The Morgan fingerprint density at radius 1 is 1.22 bits per heavy atom. The van der Waals surface area contributed by atoms with Crippen LogP contribution in [0.25, 0.3) is 0 Å². The van der Waals surface area contributed by atoms with E-state index in [1.54, 1.807) is 12.1 Å². The van der Waals surface area contributed by atoms with Crippen molar-refractivity contribution in [1.82, 2.24) is 4.90 Å². The molecule has 1 aromatic carbocycles. The van der Waals surface area contributed by atoms with E-state index in [0.717, 1.165) is 19.3 Å². The summed E-state index contributed by atoms with van der Waals surface area (Å²) >= 11 is 0. The lowest BCUT2D eigenvalue weighted by Gasteiger charge is -2.38. The predicted molar refractivity (Wildman–Crippen MR) is 92.5 cm³/mol. The molecular weight excluding hydrogens is 358 g/mol. The van der Waals surface area contributed by atoms with Gasteiger partial charge >= 0.3 is 6.61 Å². The molecule has 1 heterocycles. The first-order chi connectivity index (χ1) is 12.9. The molecule has 1 aliphatic carbocycles. The van der Waals surface area contributed by atoms with Gasteiger partial charge in [0.2, 0.25) is 0 Å². The minimum atomic E-state index is -2.95. The van der Waals surface area contributed by atoms with E-state index in [4.69, 9.17) is 14.9 Å². The second-order valence-corrected chi connectivity index (χ2v) is 7.19. The fraction of sp³-hybridized carbons (Fsp3) is 0.632. The van der Waals surface area contributed by atoms with Crippen LogP contribution in [0.4, 0.5) is 8.78 Å². The van der Waals surface area contributed by atoms with E-state index < -0.39 is 18.3 Å². The molecule has 0 aromatic heterocycles. The van der Waals surface area contributed by atoms with E-state index in [-0.39, 0.29) is 24.1 Å². The van der Waals surface area contributed by atoms with Gasteiger partial charge in [0.25, 0.3) is 0 Å². The molecule has 0 atom stereocenters. The van der Waals surface area contributed by atoms with E-state index in [0.29, 0.717) is 31.5 Å². The Labute approximate surface area is 156 Å². The van der Waals surface area contributed by atoms with Crippen molar-refractivity contribution in [2.45, 2.75) is 56.5 Å². The van der Waals surface area contributed by atoms with Crippen LogP contribution in [0.2, 0.25) is 0 Å². The normalized spacial score (nSPS) is 20.3. The second-order valence-electron chi connectivity index (χ2n) is 7.19. The summed E-state index contributed by atoms with van der Waals surface area (Å²) in [6.07, 6.45) is 2.39. The topological polar surface area (TPSA) is 86.0 Å². The molecular formula is C19H24F2N2O4. The van der Waals surface area contributed by atoms with E-state index >= 15 is 0 Å². The molecule has 1 aliphatic heterocycles. The number of hydrogen-bond donors (Lipinski definition) is 2. The number of benzene rings is 1. The Balaban J connectivity index is 1.81. The predicted octanol–water partition coefficient (Wildman–Crippen LogP) is 2.39. The van der Waals surface area contributed by atoms with Crippen LogP contribution in [0.3, 0.4) is 0 Å². The minimum absolute atomic E-state index is 0.00815. The molecule has 0 radical (unpaired) electrons. The van der Waals surface area contributed by atoms with Crippen molar-refractivity contribution in [3.8, 4) is 17.6 Å². The highest BCUT2D eigenvalue weighted by Gasteiger charge is 2.37. The van der Waals surface area contributed by atoms with Gasteiger partial charge in [0.05, 0.1) is 17.6 Å². The van der Waals surface area contributed by atoms with Gasteiger partial charge in [-0.05, 0) is 49.8 Å². The third-order valence-electron chi connectivity index (χ3n) is 5.40. The molecule has 148 valence electrons. The average Bonchev–Trinajstić information content (AvgIpc) is 2.59. The minimum Gasteiger partial charge on any atom is -0.487 e. The van der Waals surface area contributed by atoms with Gasteiger partial charge in [-0.15, -0.1) is 0 Å². The van der Waals surface area contributed by atoms with Crippen LogP contribution in [0.15, 0.2) is 18.2 Å². The van der Waals surface area contributed by atoms with Crippen molar-refractivity contribution in [2.75, 3.05) is 19.6 Å². The first-order valence-corrected chi connectivity index (χ1v) is 9.17. The van der Waals surface area contributed by atoms with Gasteiger partial charge in [0.15, 0.2) is 17.8 Å². The molecule has 2 N–H and O–H groups in total. The number of β-amino-alcohol motifs (C(OH)–C–C–N with tert-alkyl or cyclic N) is 2. The molecule has 0 unspecified atom stereocenters. The zero-order valence-electron chi connectivity index (χ0n) is 15.0. The molecule has 0 bridgehead atoms. The maximum Gasteiger partial charge on any atom is 0.387 e. The van der Waals surface area contributed by atoms with Gasteiger partial charge in [-0.3, -0.25) is 4.90 Å². The van der Waals surface area contributed by atoms with Crippen LogP contribution < -0.4 is 9.47 Å². The number of alkyl halides is 2. The summed E-state index contributed by atoms with van der Waals surface area (Å²) in [5.41, 5.74) is -0.0528. The summed E-state index contributed by atoms with van der Waals surface area (Å²) in [4.78, 5) is 1.89. The van der Waals surface area contributed by atoms with Crippen LogP contribution in [-0.2, 0) is 5.41 Å². The summed E-state index contributed by atoms with van der Waals surface area (Å²) in [7, 11) is 0. The fourth-order valence-electron chi connectivity index (χ4n) is 3.57.